The van der Waals surface area contributed by atoms with E-state index < -0.39 is 0 Å². The molecule has 2 unspecified atom stereocenters. The van der Waals surface area contributed by atoms with Crippen LogP contribution >= 0.6 is 0 Å². The molecule has 0 aromatic carbocycles. The minimum absolute atomic E-state index is 0.199. The van der Waals surface area contributed by atoms with Crippen LogP contribution in [0.5, 0.6) is 0 Å². The minimum atomic E-state index is -0.199. The smallest absolute Gasteiger partial charge is 0.333 e. The van der Waals surface area contributed by atoms with Crippen molar-refractivity contribution in [2.24, 2.45) is 0 Å². The molecule has 114 valence electrons. The SMILES string of the molecule is CCC(=CCNC1CC2CCCC(C1)N2C)C(=O)OC. The normalized spacial score (nSPS) is 31.1. The largest absolute Gasteiger partial charge is 0.466 e. The van der Waals surface area contributed by atoms with Gasteiger partial charge in [0.25, 0.3) is 0 Å². The second kappa shape index (κ2) is 7.23. The van der Waals surface area contributed by atoms with Crippen molar-refractivity contribution in [3.63, 3.8) is 0 Å². The number of esters is 1. The number of ether oxygens (including phenoxy) is 1. The van der Waals surface area contributed by atoms with E-state index in [0.717, 1.165) is 30.6 Å². The third-order valence-electron chi connectivity index (χ3n) is 4.92. The van der Waals surface area contributed by atoms with Gasteiger partial charge in [-0.1, -0.05) is 19.4 Å². The van der Waals surface area contributed by atoms with E-state index in [9.17, 15) is 4.79 Å². The highest BCUT2D eigenvalue weighted by molar-refractivity contribution is 5.88. The van der Waals surface area contributed by atoms with Gasteiger partial charge in [-0.25, -0.2) is 4.79 Å². The van der Waals surface area contributed by atoms with Gasteiger partial charge in [-0.2, -0.15) is 0 Å². The first-order valence-corrected chi connectivity index (χ1v) is 7.88. The summed E-state index contributed by atoms with van der Waals surface area (Å²) in [4.78, 5) is 14.1. The number of hydrogen-bond acceptors (Lipinski definition) is 4. The molecule has 0 aromatic heterocycles. The van der Waals surface area contributed by atoms with Crippen LogP contribution in [-0.4, -0.2) is 49.7 Å². The molecule has 0 saturated carbocycles. The average molecular weight is 280 g/mol. The van der Waals surface area contributed by atoms with Gasteiger partial charge in [0.1, 0.15) is 0 Å². The van der Waals surface area contributed by atoms with Crippen molar-refractivity contribution in [1.82, 2.24) is 10.2 Å². The van der Waals surface area contributed by atoms with Crippen LogP contribution in [0.4, 0.5) is 0 Å². The Bertz CT molecular complexity index is 353. The van der Waals surface area contributed by atoms with Gasteiger partial charge in [-0.3, -0.25) is 0 Å². The number of methoxy groups -OCH3 is 1. The van der Waals surface area contributed by atoms with E-state index >= 15 is 0 Å². The molecule has 2 heterocycles. The van der Waals surface area contributed by atoms with E-state index in [0.29, 0.717) is 6.04 Å². The maximum atomic E-state index is 11.5. The molecule has 2 bridgehead atoms. The molecule has 0 spiro atoms. The lowest BCUT2D eigenvalue weighted by Crippen LogP contribution is -2.54. The highest BCUT2D eigenvalue weighted by atomic mass is 16.5. The van der Waals surface area contributed by atoms with Crippen LogP contribution in [0.15, 0.2) is 11.6 Å². The standard InChI is InChI=1S/C16H28N2O2/c1-4-12(16(19)20-3)8-9-17-13-10-14-6-5-7-15(11-13)18(14)2/h8,13-15,17H,4-7,9-11H2,1-3H3. The molecule has 2 fully saturated rings. The highest BCUT2D eigenvalue weighted by Crippen LogP contribution is 2.32. The summed E-state index contributed by atoms with van der Waals surface area (Å²) in [6, 6.07) is 2.08. The first kappa shape index (κ1) is 15.5. The quantitative estimate of drug-likeness (QED) is 0.618. The van der Waals surface area contributed by atoms with E-state index in [1.54, 1.807) is 0 Å². The number of rotatable bonds is 5. The number of carbonyl (C=O) groups excluding carboxylic acids is 1. The summed E-state index contributed by atoms with van der Waals surface area (Å²) in [7, 11) is 3.72. The van der Waals surface area contributed by atoms with Crippen LogP contribution in [-0.2, 0) is 9.53 Å². The molecule has 20 heavy (non-hydrogen) atoms. The third kappa shape index (κ3) is 3.61. The molecule has 4 heteroatoms. The van der Waals surface area contributed by atoms with Crippen molar-refractivity contribution in [1.29, 1.82) is 0 Å². The van der Waals surface area contributed by atoms with Gasteiger partial charge >= 0.3 is 5.97 Å². The molecule has 0 radical (unpaired) electrons. The third-order valence-corrected chi connectivity index (χ3v) is 4.92. The van der Waals surface area contributed by atoms with Crippen LogP contribution in [0, 0.1) is 0 Å². The predicted octanol–water partition coefficient (Wildman–Crippen LogP) is 2.10. The Kier molecular flexibility index (Phi) is 5.61. The van der Waals surface area contributed by atoms with Crippen molar-refractivity contribution in [3.05, 3.63) is 11.6 Å². The maximum absolute atomic E-state index is 11.5. The average Bonchev–Trinajstić information content (AvgIpc) is 2.43. The van der Waals surface area contributed by atoms with Crippen LogP contribution in [0.25, 0.3) is 0 Å². The fraction of sp³-hybridized carbons (Fsp3) is 0.812. The molecule has 1 N–H and O–H groups in total. The Morgan fingerprint density at radius 2 is 2.00 bits per heavy atom. The summed E-state index contributed by atoms with van der Waals surface area (Å²) in [5, 5.41) is 3.60. The Balaban J connectivity index is 1.83. The predicted molar refractivity (Wildman–Crippen MR) is 80.6 cm³/mol. The number of nitrogens with zero attached hydrogens (tertiary/aromatic N) is 1. The zero-order valence-electron chi connectivity index (χ0n) is 13.0. The Morgan fingerprint density at radius 3 is 2.55 bits per heavy atom. The van der Waals surface area contributed by atoms with E-state index in [4.69, 9.17) is 4.74 Å². The summed E-state index contributed by atoms with van der Waals surface area (Å²) >= 11 is 0. The summed E-state index contributed by atoms with van der Waals surface area (Å²) in [6.07, 6.45) is 9.25. The van der Waals surface area contributed by atoms with E-state index in [-0.39, 0.29) is 5.97 Å². The summed E-state index contributed by atoms with van der Waals surface area (Å²) in [6.45, 7) is 2.76. The van der Waals surface area contributed by atoms with Gasteiger partial charge in [0.15, 0.2) is 0 Å². The number of piperidine rings is 2. The summed E-state index contributed by atoms with van der Waals surface area (Å²) in [5.41, 5.74) is 0.771. The fourth-order valence-electron chi connectivity index (χ4n) is 3.63. The topological polar surface area (TPSA) is 41.6 Å². The van der Waals surface area contributed by atoms with Crippen LogP contribution < -0.4 is 5.32 Å². The Hall–Kier alpha value is -0.870. The number of hydrogen-bond donors (Lipinski definition) is 1. The van der Waals surface area contributed by atoms with Crippen LogP contribution in [0.3, 0.4) is 0 Å². The lowest BCUT2D eigenvalue weighted by molar-refractivity contribution is -0.136. The van der Waals surface area contributed by atoms with E-state index in [1.165, 1.54) is 39.2 Å². The van der Waals surface area contributed by atoms with Crippen molar-refractivity contribution < 1.29 is 9.53 Å². The number of fused-ring (bicyclic) bond motifs is 2. The molecule has 2 rings (SSSR count). The highest BCUT2D eigenvalue weighted by Gasteiger charge is 2.35. The summed E-state index contributed by atoms with van der Waals surface area (Å²) in [5.74, 6) is -0.199. The molecule has 4 nitrogen and oxygen atoms in total. The maximum Gasteiger partial charge on any atom is 0.333 e. The molecule has 0 aromatic rings. The second-order valence-corrected chi connectivity index (χ2v) is 6.06. The van der Waals surface area contributed by atoms with Gasteiger partial charge in [0, 0.05) is 30.2 Å². The van der Waals surface area contributed by atoms with Crippen LogP contribution in [0.2, 0.25) is 0 Å². The second-order valence-electron chi connectivity index (χ2n) is 6.06. The molecular weight excluding hydrogens is 252 g/mol. The zero-order chi connectivity index (χ0) is 14.5. The van der Waals surface area contributed by atoms with E-state index in [2.05, 4.69) is 17.3 Å². The molecule has 2 aliphatic heterocycles. The summed E-state index contributed by atoms with van der Waals surface area (Å²) < 4.78 is 4.78. The molecule has 0 aliphatic carbocycles. The molecule has 2 atom stereocenters. The Morgan fingerprint density at radius 1 is 1.35 bits per heavy atom. The van der Waals surface area contributed by atoms with Crippen LogP contribution in [0.1, 0.15) is 45.4 Å². The van der Waals surface area contributed by atoms with Gasteiger partial charge in [0.05, 0.1) is 7.11 Å². The zero-order valence-corrected chi connectivity index (χ0v) is 13.0. The fourth-order valence-corrected chi connectivity index (χ4v) is 3.63. The van der Waals surface area contributed by atoms with Crippen molar-refractivity contribution in [2.45, 2.75) is 63.6 Å². The van der Waals surface area contributed by atoms with Crippen molar-refractivity contribution >= 4 is 5.97 Å². The van der Waals surface area contributed by atoms with E-state index in [1.807, 2.05) is 13.0 Å². The van der Waals surface area contributed by atoms with Gasteiger partial charge < -0.3 is 15.0 Å². The molecule has 2 aliphatic rings. The first-order chi connectivity index (χ1) is 9.65. The van der Waals surface area contributed by atoms with Crippen molar-refractivity contribution in [3.8, 4) is 0 Å². The monoisotopic (exact) mass is 280 g/mol. The molecular formula is C16H28N2O2. The van der Waals surface area contributed by atoms with Gasteiger partial charge in [-0.05, 0) is 39.2 Å². The lowest BCUT2D eigenvalue weighted by Gasteiger charge is -2.47. The first-order valence-electron chi connectivity index (χ1n) is 7.88. The molecule has 2 saturated heterocycles. The van der Waals surface area contributed by atoms with Gasteiger partial charge in [0.2, 0.25) is 0 Å². The van der Waals surface area contributed by atoms with Crippen molar-refractivity contribution in [2.75, 3.05) is 20.7 Å². The van der Waals surface area contributed by atoms with Gasteiger partial charge in [-0.15, -0.1) is 0 Å². The number of carbonyl (C=O) groups is 1. The molecule has 0 amide bonds. The Labute approximate surface area is 122 Å². The lowest BCUT2D eigenvalue weighted by atomic mass is 9.82. The number of nitrogens with one attached hydrogen (secondary N) is 1. The minimum Gasteiger partial charge on any atom is -0.466 e.